The van der Waals surface area contributed by atoms with Gasteiger partial charge in [0.2, 0.25) is 5.89 Å². The summed E-state index contributed by atoms with van der Waals surface area (Å²) in [6.07, 6.45) is 3.16. The highest BCUT2D eigenvalue weighted by atomic mass is 32.2. The average molecular weight is 297 g/mol. The fourth-order valence-corrected chi connectivity index (χ4v) is 4.20. The topological polar surface area (TPSA) is 60.2 Å². The van der Waals surface area contributed by atoms with Crippen LogP contribution in [0.15, 0.2) is 4.52 Å². The van der Waals surface area contributed by atoms with Crippen LogP contribution in [-0.2, 0) is 11.2 Å². The molecular formula is C14H23N3O2S. The largest absolute Gasteiger partial charge is 0.381 e. The van der Waals surface area contributed by atoms with Crippen LogP contribution in [0.2, 0.25) is 0 Å². The van der Waals surface area contributed by atoms with Gasteiger partial charge < -0.3 is 14.6 Å². The van der Waals surface area contributed by atoms with E-state index in [0.717, 1.165) is 62.2 Å². The van der Waals surface area contributed by atoms with Gasteiger partial charge in [-0.2, -0.15) is 16.7 Å². The summed E-state index contributed by atoms with van der Waals surface area (Å²) in [5, 5.41) is 7.75. The minimum absolute atomic E-state index is 0.368. The summed E-state index contributed by atoms with van der Waals surface area (Å²) in [6, 6.07) is 0.475. The van der Waals surface area contributed by atoms with Crippen molar-refractivity contribution in [3.05, 3.63) is 11.7 Å². The molecular weight excluding hydrogens is 274 g/mol. The number of hydrogen-bond acceptors (Lipinski definition) is 6. The van der Waals surface area contributed by atoms with Crippen molar-refractivity contribution in [1.82, 2.24) is 15.5 Å². The Hall–Kier alpha value is -0.590. The molecule has 20 heavy (non-hydrogen) atoms. The molecule has 0 radical (unpaired) electrons. The van der Waals surface area contributed by atoms with Gasteiger partial charge in [0.05, 0.1) is 5.92 Å². The third-order valence-corrected chi connectivity index (χ3v) is 5.22. The lowest BCUT2D eigenvalue weighted by molar-refractivity contribution is 0.185. The highest BCUT2D eigenvalue weighted by molar-refractivity contribution is 7.99. The van der Waals surface area contributed by atoms with Crippen molar-refractivity contribution >= 4 is 11.8 Å². The molecule has 0 spiro atoms. The molecule has 0 aromatic carbocycles. The molecule has 2 saturated heterocycles. The van der Waals surface area contributed by atoms with Gasteiger partial charge in [0.15, 0.2) is 5.82 Å². The van der Waals surface area contributed by atoms with Crippen molar-refractivity contribution in [2.75, 3.05) is 31.3 Å². The number of thioether (sulfide) groups is 1. The molecule has 1 N–H and O–H groups in total. The summed E-state index contributed by atoms with van der Waals surface area (Å²) in [5.41, 5.74) is 0. The lowest BCUT2D eigenvalue weighted by Crippen LogP contribution is -2.34. The van der Waals surface area contributed by atoms with E-state index in [1.54, 1.807) is 0 Å². The highest BCUT2D eigenvalue weighted by Gasteiger charge is 2.33. The Bertz CT molecular complexity index is 420. The van der Waals surface area contributed by atoms with Crippen LogP contribution >= 0.6 is 11.8 Å². The maximum absolute atomic E-state index is 5.51. The van der Waals surface area contributed by atoms with Crippen molar-refractivity contribution in [2.45, 2.75) is 38.1 Å². The first-order valence-electron chi connectivity index (χ1n) is 7.58. The standard InChI is InChI=1S/C14H23N3O2S/c1-2-4-15-12-9-20-8-11(12)14-16-13(17-19-14)6-10-3-5-18-7-10/h10-12,15H,2-9H2,1H3. The molecule has 0 bridgehead atoms. The molecule has 3 unspecified atom stereocenters. The molecule has 1 aromatic rings. The van der Waals surface area contributed by atoms with Crippen LogP contribution in [0.1, 0.15) is 37.4 Å². The van der Waals surface area contributed by atoms with Crippen molar-refractivity contribution in [3.63, 3.8) is 0 Å². The Balaban J connectivity index is 1.60. The van der Waals surface area contributed by atoms with Gasteiger partial charge in [-0.25, -0.2) is 0 Å². The third-order valence-electron chi connectivity index (χ3n) is 4.03. The zero-order valence-electron chi connectivity index (χ0n) is 12.0. The quantitative estimate of drug-likeness (QED) is 0.864. The second-order valence-corrected chi connectivity index (χ2v) is 6.76. The molecule has 5 nitrogen and oxygen atoms in total. The third kappa shape index (κ3) is 3.35. The summed E-state index contributed by atoms with van der Waals surface area (Å²) in [5.74, 6) is 4.81. The van der Waals surface area contributed by atoms with Gasteiger partial charge in [-0.15, -0.1) is 0 Å². The molecule has 0 saturated carbocycles. The average Bonchev–Trinajstić information content (AvgIpc) is 3.17. The Kier molecular flexibility index (Phi) is 4.96. The monoisotopic (exact) mass is 297 g/mol. The van der Waals surface area contributed by atoms with E-state index in [-0.39, 0.29) is 0 Å². The molecule has 0 aliphatic carbocycles. The summed E-state index contributed by atoms with van der Waals surface area (Å²) >= 11 is 1.97. The summed E-state index contributed by atoms with van der Waals surface area (Å²) < 4.78 is 10.9. The Labute approximate surface area is 124 Å². The maximum Gasteiger partial charge on any atom is 0.232 e. The fraction of sp³-hybridized carbons (Fsp3) is 0.857. The van der Waals surface area contributed by atoms with Crippen LogP contribution in [0.3, 0.4) is 0 Å². The van der Waals surface area contributed by atoms with Crippen molar-refractivity contribution in [3.8, 4) is 0 Å². The highest BCUT2D eigenvalue weighted by Crippen LogP contribution is 2.32. The number of nitrogens with zero attached hydrogens (tertiary/aromatic N) is 2. The molecule has 2 aliphatic heterocycles. The lowest BCUT2D eigenvalue weighted by Gasteiger charge is -2.16. The van der Waals surface area contributed by atoms with Gasteiger partial charge >= 0.3 is 0 Å². The first-order chi connectivity index (χ1) is 9.86. The number of hydrogen-bond donors (Lipinski definition) is 1. The SMILES string of the molecule is CCCNC1CSCC1c1nc(CC2CCOC2)no1. The molecule has 3 heterocycles. The van der Waals surface area contributed by atoms with E-state index in [2.05, 4.69) is 22.4 Å². The van der Waals surface area contributed by atoms with Gasteiger partial charge in [-0.3, -0.25) is 0 Å². The van der Waals surface area contributed by atoms with Gasteiger partial charge in [-0.05, 0) is 25.3 Å². The van der Waals surface area contributed by atoms with Gasteiger partial charge in [0, 0.05) is 37.2 Å². The van der Waals surface area contributed by atoms with E-state index in [9.17, 15) is 0 Å². The number of nitrogens with one attached hydrogen (secondary N) is 1. The number of aromatic nitrogens is 2. The van der Waals surface area contributed by atoms with E-state index in [0.29, 0.717) is 17.9 Å². The first kappa shape index (κ1) is 14.4. The van der Waals surface area contributed by atoms with Crippen LogP contribution in [0.4, 0.5) is 0 Å². The number of ether oxygens (including phenoxy) is 1. The van der Waals surface area contributed by atoms with Gasteiger partial charge in [0.25, 0.3) is 0 Å². The normalized spacial score (nSPS) is 30.1. The zero-order valence-corrected chi connectivity index (χ0v) is 12.8. The lowest BCUT2D eigenvalue weighted by atomic mass is 10.0. The Morgan fingerprint density at radius 3 is 3.15 bits per heavy atom. The second kappa shape index (κ2) is 6.91. The van der Waals surface area contributed by atoms with E-state index >= 15 is 0 Å². The minimum atomic E-state index is 0.368. The molecule has 1 aromatic heterocycles. The Morgan fingerprint density at radius 1 is 1.40 bits per heavy atom. The summed E-state index contributed by atoms with van der Waals surface area (Å²) in [7, 11) is 0. The van der Waals surface area contributed by atoms with Gasteiger partial charge in [-0.1, -0.05) is 12.1 Å². The molecule has 6 heteroatoms. The van der Waals surface area contributed by atoms with Crippen molar-refractivity contribution in [2.24, 2.45) is 5.92 Å². The van der Waals surface area contributed by atoms with Crippen LogP contribution in [0, 0.1) is 5.92 Å². The number of rotatable bonds is 6. The second-order valence-electron chi connectivity index (χ2n) is 5.69. The fourth-order valence-electron chi connectivity index (χ4n) is 2.83. The molecule has 3 atom stereocenters. The smallest absolute Gasteiger partial charge is 0.232 e. The summed E-state index contributed by atoms with van der Waals surface area (Å²) in [6.45, 7) is 4.96. The molecule has 112 valence electrons. The van der Waals surface area contributed by atoms with E-state index < -0.39 is 0 Å². The summed E-state index contributed by atoms with van der Waals surface area (Å²) in [4.78, 5) is 4.63. The van der Waals surface area contributed by atoms with Crippen LogP contribution in [0.5, 0.6) is 0 Å². The van der Waals surface area contributed by atoms with Gasteiger partial charge in [0.1, 0.15) is 0 Å². The molecule has 2 aliphatic rings. The van der Waals surface area contributed by atoms with E-state index in [1.807, 2.05) is 11.8 Å². The van der Waals surface area contributed by atoms with Crippen LogP contribution < -0.4 is 5.32 Å². The van der Waals surface area contributed by atoms with Crippen LogP contribution in [0.25, 0.3) is 0 Å². The van der Waals surface area contributed by atoms with Crippen molar-refractivity contribution in [1.29, 1.82) is 0 Å². The van der Waals surface area contributed by atoms with Crippen LogP contribution in [-0.4, -0.2) is 47.4 Å². The van der Waals surface area contributed by atoms with E-state index in [1.165, 1.54) is 0 Å². The van der Waals surface area contributed by atoms with E-state index in [4.69, 9.17) is 9.26 Å². The molecule has 3 rings (SSSR count). The Morgan fingerprint density at radius 2 is 2.35 bits per heavy atom. The minimum Gasteiger partial charge on any atom is -0.381 e. The zero-order chi connectivity index (χ0) is 13.8. The predicted octanol–water partition coefficient (Wildman–Crippen LogP) is 1.85. The maximum atomic E-state index is 5.51. The predicted molar refractivity (Wildman–Crippen MR) is 79.1 cm³/mol. The molecule has 0 amide bonds. The molecule has 2 fully saturated rings. The first-order valence-corrected chi connectivity index (χ1v) is 8.73. The van der Waals surface area contributed by atoms with Crippen molar-refractivity contribution < 1.29 is 9.26 Å².